The molecule has 87 heavy (non-hydrogen) atoms. The maximum atomic E-state index is 13.5. The molecule has 0 spiro atoms. The summed E-state index contributed by atoms with van der Waals surface area (Å²) >= 11 is 0. The van der Waals surface area contributed by atoms with E-state index in [0.717, 1.165) is 70.6 Å². The van der Waals surface area contributed by atoms with Crippen LogP contribution in [0.15, 0.2) is 60.8 Å². The minimum Gasteiger partial charge on any atom is -0.454 e. The maximum Gasteiger partial charge on any atom is 0.306 e. The zero-order valence-electron chi connectivity index (χ0n) is 56.6. The third-order valence-corrected chi connectivity index (χ3v) is 17.4. The van der Waals surface area contributed by atoms with Crippen LogP contribution in [0.5, 0.6) is 0 Å². The van der Waals surface area contributed by atoms with Crippen LogP contribution in [0.1, 0.15) is 348 Å². The van der Waals surface area contributed by atoms with Gasteiger partial charge in [-0.2, -0.15) is 0 Å². The highest BCUT2D eigenvalue weighted by molar-refractivity contribution is 5.80. The van der Waals surface area contributed by atoms with E-state index in [1.165, 1.54) is 231 Å². The van der Waals surface area contributed by atoms with E-state index in [1.54, 1.807) is 6.08 Å². The molecule has 0 aromatic rings. The van der Waals surface area contributed by atoms with Gasteiger partial charge in [0.1, 0.15) is 24.4 Å². The molecule has 8 atom stereocenters. The first-order chi connectivity index (χ1) is 42.7. The third kappa shape index (κ3) is 50.7. The Balaban J connectivity index is 2.51. The Labute approximate surface area is 535 Å². The van der Waals surface area contributed by atoms with Crippen LogP contribution in [0.25, 0.3) is 0 Å². The summed E-state index contributed by atoms with van der Waals surface area (Å²) < 4.78 is 17.7. The number of aliphatic hydroxyl groups is 5. The van der Waals surface area contributed by atoms with Gasteiger partial charge in [0, 0.05) is 6.42 Å². The van der Waals surface area contributed by atoms with Crippen LogP contribution >= 0.6 is 0 Å². The van der Waals surface area contributed by atoms with E-state index in [-0.39, 0.29) is 13.0 Å². The van der Waals surface area contributed by atoms with E-state index in [9.17, 15) is 35.1 Å². The van der Waals surface area contributed by atoms with E-state index in [2.05, 4.69) is 74.7 Å². The van der Waals surface area contributed by atoms with Crippen molar-refractivity contribution in [1.82, 2.24) is 5.32 Å². The van der Waals surface area contributed by atoms with E-state index in [1.807, 2.05) is 6.08 Å². The summed E-state index contributed by atoms with van der Waals surface area (Å²) in [7, 11) is 0. The molecule has 6 N–H and O–H groups in total. The second-order valence-corrected chi connectivity index (χ2v) is 25.7. The number of nitrogens with one attached hydrogen (secondary N) is 1. The topological polar surface area (TPSA) is 175 Å². The van der Waals surface area contributed by atoms with Crippen molar-refractivity contribution in [2.24, 2.45) is 0 Å². The minimum absolute atomic E-state index is 0.122. The van der Waals surface area contributed by atoms with Crippen molar-refractivity contribution in [2.75, 3.05) is 13.2 Å². The van der Waals surface area contributed by atoms with Crippen molar-refractivity contribution >= 4 is 11.9 Å². The van der Waals surface area contributed by atoms with Crippen LogP contribution in [0, 0.1) is 0 Å². The number of hydrogen-bond donors (Lipinski definition) is 6. The molecule has 508 valence electrons. The van der Waals surface area contributed by atoms with E-state index >= 15 is 0 Å². The van der Waals surface area contributed by atoms with E-state index < -0.39 is 67.4 Å². The lowest BCUT2D eigenvalue weighted by atomic mass is 9.99. The molecule has 1 amide bonds. The Morgan fingerprint density at radius 1 is 0.448 bits per heavy atom. The fourth-order valence-electron chi connectivity index (χ4n) is 11.5. The Morgan fingerprint density at radius 3 is 1.20 bits per heavy atom. The van der Waals surface area contributed by atoms with E-state index in [4.69, 9.17) is 14.2 Å². The van der Waals surface area contributed by atoms with Crippen LogP contribution in [0.3, 0.4) is 0 Å². The quantitative estimate of drug-likeness (QED) is 0.0195. The van der Waals surface area contributed by atoms with Crippen molar-refractivity contribution in [1.29, 1.82) is 0 Å². The van der Waals surface area contributed by atoms with Crippen LogP contribution in [0.4, 0.5) is 0 Å². The van der Waals surface area contributed by atoms with Gasteiger partial charge in [0.2, 0.25) is 5.91 Å². The first kappa shape index (κ1) is 82.4. The molecule has 11 heteroatoms. The Hall–Kier alpha value is -2.64. The zero-order valence-corrected chi connectivity index (χ0v) is 56.6. The first-order valence-electron chi connectivity index (χ1n) is 37.1. The van der Waals surface area contributed by atoms with Gasteiger partial charge in [-0.05, 0) is 89.9 Å². The number of rotatable bonds is 64. The van der Waals surface area contributed by atoms with Crippen molar-refractivity contribution in [3.8, 4) is 0 Å². The number of esters is 1. The molecule has 0 bridgehead atoms. The second-order valence-electron chi connectivity index (χ2n) is 25.7. The van der Waals surface area contributed by atoms with Gasteiger partial charge in [-0.3, -0.25) is 9.59 Å². The van der Waals surface area contributed by atoms with Crippen LogP contribution < -0.4 is 5.32 Å². The average molecular weight is 1230 g/mol. The summed E-state index contributed by atoms with van der Waals surface area (Å²) in [6.45, 7) is 5.78. The van der Waals surface area contributed by atoms with E-state index in [0.29, 0.717) is 19.3 Å². The van der Waals surface area contributed by atoms with Gasteiger partial charge in [0.05, 0.1) is 25.4 Å². The molecule has 1 aliphatic heterocycles. The number of allylic oxidation sites excluding steroid dienone is 9. The Kier molecular flexibility index (Phi) is 60.1. The molecule has 0 radical (unpaired) electrons. The monoisotopic (exact) mass is 1230 g/mol. The fourth-order valence-corrected chi connectivity index (χ4v) is 11.5. The van der Waals surface area contributed by atoms with Crippen molar-refractivity contribution < 1.29 is 49.3 Å². The van der Waals surface area contributed by atoms with Crippen molar-refractivity contribution in [2.45, 2.75) is 397 Å². The summed E-state index contributed by atoms with van der Waals surface area (Å²) in [6, 6.07) is -1.02. The fraction of sp³-hybridized carbons (Fsp3) is 0.842. The van der Waals surface area contributed by atoms with Crippen molar-refractivity contribution in [3.63, 3.8) is 0 Å². The van der Waals surface area contributed by atoms with Gasteiger partial charge in [-0.15, -0.1) is 0 Å². The molecular formula is C76H139NO10. The van der Waals surface area contributed by atoms with Crippen LogP contribution in [0.2, 0.25) is 0 Å². The molecule has 0 aliphatic carbocycles. The predicted molar refractivity (Wildman–Crippen MR) is 366 cm³/mol. The molecule has 0 aromatic heterocycles. The number of amides is 1. The second kappa shape index (κ2) is 63.5. The highest BCUT2D eigenvalue weighted by Crippen LogP contribution is 2.26. The number of hydrogen-bond acceptors (Lipinski definition) is 10. The number of unbranched alkanes of at least 4 members (excludes halogenated alkanes) is 42. The lowest BCUT2D eigenvalue weighted by Crippen LogP contribution is -2.61. The molecule has 0 aromatic carbocycles. The molecule has 8 unspecified atom stereocenters. The molecule has 11 nitrogen and oxygen atoms in total. The first-order valence-corrected chi connectivity index (χ1v) is 37.1. The van der Waals surface area contributed by atoms with Gasteiger partial charge in [0.25, 0.3) is 0 Å². The standard InChI is InChI=1S/C76H139NO10/c1-4-7-10-13-16-19-22-24-26-28-30-32-33-34-35-36-38-39-41-43-45-48-51-54-57-60-63-69(80)75(84)77-67(68(79)62-59-56-53-50-47-21-18-15-12-9-6-3)66-85-76-74(73(83)72(82)70(65-78)86-76)87-71(81)64-61-58-55-52-49-46-44-42-40-37-31-29-27-25-23-20-17-14-11-8-5-2/h16-17,19-20,24-27,59,62,67-70,72-74,76,78-80,82-83H,4-15,18,21-23,28-58,60-61,63-66H2,1-3H3,(H,77,84)/b19-16-,20-17-,26-24-,27-25-,62-59+. The van der Waals surface area contributed by atoms with Crippen LogP contribution in [-0.4, -0.2) is 99.6 Å². The Bertz CT molecular complexity index is 1650. The average Bonchev–Trinajstić information content (AvgIpc) is 1.30. The minimum atomic E-state index is -1.61. The number of carbonyl (C=O) groups excluding carboxylic acids is 2. The SMILES string of the molecule is CCCCC/C=C\C/C=C\CCCCCCCCCCCCCCCCCCC(O)C(=O)NC(COC1OC(CO)C(O)C(O)C1OC(=O)CCCCCCCCCCCCC/C=C\C/C=C\CCCCC)C(O)/C=C/CCCCCCCCCCC. The lowest BCUT2D eigenvalue weighted by Gasteiger charge is -2.41. The molecule has 0 saturated carbocycles. The molecule has 1 heterocycles. The zero-order chi connectivity index (χ0) is 63.1. The number of aliphatic hydroxyl groups excluding tert-OH is 5. The largest absolute Gasteiger partial charge is 0.454 e. The Morgan fingerprint density at radius 2 is 0.793 bits per heavy atom. The lowest BCUT2D eigenvalue weighted by molar-refractivity contribution is -0.305. The summed E-state index contributed by atoms with van der Waals surface area (Å²) in [4.78, 5) is 26.7. The summed E-state index contributed by atoms with van der Waals surface area (Å²) in [5.41, 5.74) is 0. The number of ether oxygens (including phenoxy) is 3. The highest BCUT2D eigenvalue weighted by Gasteiger charge is 2.47. The van der Waals surface area contributed by atoms with Gasteiger partial charge < -0.3 is 45.1 Å². The normalized spacial score (nSPS) is 18.6. The summed E-state index contributed by atoms with van der Waals surface area (Å²) in [5.74, 6) is -1.18. The van der Waals surface area contributed by atoms with Crippen molar-refractivity contribution in [3.05, 3.63) is 60.8 Å². The summed E-state index contributed by atoms with van der Waals surface area (Å²) in [5, 5.41) is 57.3. The molecule has 1 saturated heterocycles. The molecular weight excluding hydrogens is 1090 g/mol. The predicted octanol–water partition coefficient (Wildman–Crippen LogP) is 19.3. The molecule has 1 rings (SSSR count). The van der Waals surface area contributed by atoms with Crippen LogP contribution in [-0.2, 0) is 23.8 Å². The van der Waals surface area contributed by atoms with Gasteiger partial charge >= 0.3 is 5.97 Å². The number of carbonyl (C=O) groups is 2. The van der Waals surface area contributed by atoms with Gasteiger partial charge in [-0.25, -0.2) is 0 Å². The smallest absolute Gasteiger partial charge is 0.306 e. The maximum absolute atomic E-state index is 13.5. The summed E-state index contributed by atoms with van der Waals surface area (Å²) in [6.07, 6.45) is 71.3. The van der Waals surface area contributed by atoms with Gasteiger partial charge in [0.15, 0.2) is 12.4 Å². The highest BCUT2D eigenvalue weighted by atomic mass is 16.7. The van der Waals surface area contributed by atoms with Gasteiger partial charge in [-0.1, -0.05) is 313 Å². The molecule has 1 aliphatic rings. The molecule has 1 fully saturated rings. The third-order valence-electron chi connectivity index (χ3n) is 17.4.